The van der Waals surface area contributed by atoms with E-state index in [-0.39, 0.29) is 11.4 Å². The van der Waals surface area contributed by atoms with Gasteiger partial charge in [-0.25, -0.2) is 19.6 Å². The summed E-state index contributed by atoms with van der Waals surface area (Å²) in [5.41, 5.74) is 2.04. The Balaban J connectivity index is 2.15. The maximum Gasteiger partial charge on any atom is 0.354 e. The Kier molecular flexibility index (Phi) is 3.58. The van der Waals surface area contributed by atoms with Crippen LogP contribution >= 0.6 is 0 Å². The first kappa shape index (κ1) is 15.7. The lowest BCUT2D eigenvalue weighted by Crippen LogP contribution is -2.04. The lowest BCUT2D eigenvalue weighted by Gasteiger charge is -2.10. The third kappa shape index (κ3) is 2.53. The van der Waals surface area contributed by atoms with Crippen LogP contribution in [0.3, 0.4) is 0 Å². The second-order valence-corrected chi connectivity index (χ2v) is 5.76. The van der Waals surface area contributed by atoms with E-state index in [2.05, 4.69) is 9.97 Å². The SMILES string of the molecule is O=C(O)c1ccc2ccc3c(-c4ccccc4)cc(C(=O)O)nc3c2n1. The van der Waals surface area contributed by atoms with E-state index in [9.17, 15) is 19.8 Å². The molecule has 4 aromatic rings. The van der Waals surface area contributed by atoms with Crippen molar-refractivity contribution in [3.63, 3.8) is 0 Å². The number of aromatic nitrogens is 2. The number of carboxylic acids is 2. The van der Waals surface area contributed by atoms with E-state index >= 15 is 0 Å². The fourth-order valence-electron chi connectivity index (χ4n) is 2.96. The van der Waals surface area contributed by atoms with Crippen LogP contribution in [0, 0.1) is 0 Å². The number of benzene rings is 2. The van der Waals surface area contributed by atoms with Crippen LogP contribution < -0.4 is 0 Å². The predicted octanol–water partition coefficient (Wildman–Crippen LogP) is 3.85. The van der Waals surface area contributed by atoms with E-state index < -0.39 is 11.9 Å². The molecular weight excluding hydrogens is 332 g/mol. The molecule has 0 aliphatic rings. The van der Waals surface area contributed by atoms with Crippen LogP contribution in [-0.2, 0) is 0 Å². The summed E-state index contributed by atoms with van der Waals surface area (Å²) in [5, 5.41) is 20.1. The van der Waals surface area contributed by atoms with E-state index in [0.29, 0.717) is 27.4 Å². The molecule has 0 saturated carbocycles. The Morgan fingerprint density at radius 2 is 1.38 bits per heavy atom. The summed E-state index contributed by atoms with van der Waals surface area (Å²) in [7, 11) is 0. The first-order chi connectivity index (χ1) is 12.5. The van der Waals surface area contributed by atoms with Crippen molar-refractivity contribution in [3.05, 3.63) is 72.1 Å². The Bertz CT molecular complexity index is 1190. The molecule has 2 aromatic carbocycles. The topological polar surface area (TPSA) is 100 Å². The molecule has 26 heavy (non-hydrogen) atoms. The highest BCUT2D eigenvalue weighted by Gasteiger charge is 2.16. The minimum atomic E-state index is -1.16. The van der Waals surface area contributed by atoms with E-state index in [4.69, 9.17) is 0 Å². The molecule has 0 amide bonds. The number of hydrogen-bond donors (Lipinski definition) is 2. The summed E-state index contributed by atoms with van der Waals surface area (Å²) < 4.78 is 0. The fraction of sp³-hybridized carbons (Fsp3) is 0. The zero-order valence-corrected chi connectivity index (χ0v) is 13.4. The van der Waals surface area contributed by atoms with Gasteiger partial charge in [0.05, 0.1) is 11.0 Å². The Morgan fingerprint density at radius 1 is 0.731 bits per heavy atom. The average Bonchev–Trinajstić information content (AvgIpc) is 2.67. The van der Waals surface area contributed by atoms with E-state index in [1.807, 2.05) is 42.5 Å². The average molecular weight is 344 g/mol. The number of hydrogen-bond acceptors (Lipinski definition) is 4. The number of carbonyl (C=O) groups is 2. The molecule has 0 atom stereocenters. The van der Waals surface area contributed by atoms with Gasteiger partial charge in [0.15, 0.2) is 0 Å². The summed E-state index contributed by atoms with van der Waals surface area (Å²) >= 11 is 0. The summed E-state index contributed by atoms with van der Waals surface area (Å²) in [6.07, 6.45) is 0. The van der Waals surface area contributed by atoms with Gasteiger partial charge in [0.25, 0.3) is 0 Å². The number of pyridine rings is 2. The zero-order chi connectivity index (χ0) is 18.3. The van der Waals surface area contributed by atoms with Gasteiger partial charge in [-0.2, -0.15) is 0 Å². The highest BCUT2D eigenvalue weighted by molar-refractivity contribution is 6.10. The summed E-state index contributed by atoms with van der Waals surface area (Å²) in [4.78, 5) is 31.2. The van der Waals surface area contributed by atoms with Crippen LogP contribution in [-0.4, -0.2) is 32.1 Å². The van der Waals surface area contributed by atoms with Gasteiger partial charge in [-0.1, -0.05) is 48.5 Å². The maximum absolute atomic E-state index is 11.6. The molecule has 0 aliphatic heterocycles. The molecule has 6 heteroatoms. The van der Waals surface area contributed by atoms with Crippen LogP contribution in [0.15, 0.2) is 60.7 Å². The normalized spacial score (nSPS) is 10.9. The predicted molar refractivity (Wildman–Crippen MR) is 96.4 cm³/mol. The zero-order valence-electron chi connectivity index (χ0n) is 13.4. The second-order valence-electron chi connectivity index (χ2n) is 5.76. The molecule has 0 spiro atoms. The molecule has 2 aromatic heterocycles. The highest BCUT2D eigenvalue weighted by Crippen LogP contribution is 2.32. The van der Waals surface area contributed by atoms with Gasteiger partial charge in [0.1, 0.15) is 11.4 Å². The highest BCUT2D eigenvalue weighted by atomic mass is 16.4. The van der Waals surface area contributed by atoms with Crippen molar-refractivity contribution >= 4 is 33.7 Å². The van der Waals surface area contributed by atoms with Crippen LogP contribution in [0.4, 0.5) is 0 Å². The smallest absolute Gasteiger partial charge is 0.354 e. The second kappa shape index (κ2) is 5.93. The monoisotopic (exact) mass is 344 g/mol. The number of aromatic carboxylic acids is 2. The van der Waals surface area contributed by atoms with Crippen molar-refractivity contribution < 1.29 is 19.8 Å². The van der Waals surface area contributed by atoms with Gasteiger partial charge in [-0.15, -0.1) is 0 Å². The number of carboxylic acid groups (broad SMARTS) is 2. The van der Waals surface area contributed by atoms with Gasteiger partial charge in [0.2, 0.25) is 0 Å². The molecule has 0 aliphatic carbocycles. The third-order valence-electron chi connectivity index (χ3n) is 4.16. The van der Waals surface area contributed by atoms with Crippen molar-refractivity contribution in [3.8, 4) is 11.1 Å². The molecule has 4 rings (SSSR count). The molecule has 6 nitrogen and oxygen atoms in total. The summed E-state index contributed by atoms with van der Waals surface area (Å²) in [6.45, 7) is 0. The van der Waals surface area contributed by atoms with Crippen molar-refractivity contribution in [2.75, 3.05) is 0 Å². The summed E-state index contributed by atoms with van der Waals surface area (Å²) in [6, 6.07) is 17.6. The van der Waals surface area contributed by atoms with Crippen LogP contribution in [0.2, 0.25) is 0 Å². The van der Waals surface area contributed by atoms with Gasteiger partial charge < -0.3 is 10.2 Å². The molecule has 2 N–H and O–H groups in total. The molecule has 126 valence electrons. The number of nitrogens with zero attached hydrogens (tertiary/aromatic N) is 2. The van der Waals surface area contributed by atoms with Crippen LogP contribution in [0.25, 0.3) is 32.9 Å². The fourth-order valence-corrected chi connectivity index (χ4v) is 2.96. The minimum Gasteiger partial charge on any atom is -0.477 e. The van der Waals surface area contributed by atoms with E-state index in [1.165, 1.54) is 12.1 Å². The quantitative estimate of drug-likeness (QED) is 0.548. The molecule has 0 bridgehead atoms. The van der Waals surface area contributed by atoms with Crippen LogP contribution in [0.5, 0.6) is 0 Å². The molecule has 0 radical (unpaired) electrons. The van der Waals surface area contributed by atoms with Crippen LogP contribution in [0.1, 0.15) is 21.0 Å². The minimum absolute atomic E-state index is 0.117. The van der Waals surface area contributed by atoms with Gasteiger partial charge in [-0.3, -0.25) is 0 Å². The number of rotatable bonds is 3. The maximum atomic E-state index is 11.6. The molecule has 0 unspecified atom stereocenters. The Labute approximate surface area is 147 Å². The van der Waals surface area contributed by atoms with E-state index in [1.54, 1.807) is 6.07 Å². The standard InChI is InChI=1S/C20H12N2O4/c23-19(24)15-9-7-12-6-8-13-14(11-4-2-1-3-5-11)10-16(20(25)26)22-18(13)17(12)21-15/h1-10H,(H,23,24)(H,25,26). The molecular formula is C20H12N2O4. The Morgan fingerprint density at radius 3 is 2.08 bits per heavy atom. The van der Waals surface area contributed by atoms with E-state index in [0.717, 1.165) is 5.56 Å². The largest absolute Gasteiger partial charge is 0.477 e. The van der Waals surface area contributed by atoms with Crippen molar-refractivity contribution in [2.24, 2.45) is 0 Å². The third-order valence-corrected chi connectivity index (χ3v) is 4.16. The Hall–Kier alpha value is -3.80. The van der Waals surface area contributed by atoms with Gasteiger partial charge in [-0.05, 0) is 23.3 Å². The number of fused-ring (bicyclic) bond motifs is 3. The molecule has 2 heterocycles. The lowest BCUT2D eigenvalue weighted by molar-refractivity contribution is 0.0680. The summed E-state index contributed by atoms with van der Waals surface area (Å²) in [5.74, 6) is -2.31. The van der Waals surface area contributed by atoms with Crippen molar-refractivity contribution in [2.45, 2.75) is 0 Å². The van der Waals surface area contributed by atoms with Gasteiger partial charge >= 0.3 is 11.9 Å². The van der Waals surface area contributed by atoms with Gasteiger partial charge in [0, 0.05) is 10.8 Å². The van der Waals surface area contributed by atoms with Crippen molar-refractivity contribution in [1.82, 2.24) is 9.97 Å². The molecule has 0 fully saturated rings. The lowest BCUT2D eigenvalue weighted by atomic mass is 9.98. The first-order valence-electron chi connectivity index (χ1n) is 7.81. The van der Waals surface area contributed by atoms with Crippen molar-refractivity contribution in [1.29, 1.82) is 0 Å². The first-order valence-corrected chi connectivity index (χ1v) is 7.81. The molecule has 0 saturated heterocycles.